The van der Waals surface area contributed by atoms with Crippen LogP contribution in [0.4, 0.5) is 0 Å². The first kappa shape index (κ1) is 23.5. The number of methoxy groups -OCH3 is 2. The Hall–Kier alpha value is -2.82. The Morgan fingerprint density at radius 2 is 1.87 bits per heavy atom. The van der Waals surface area contributed by atoms with Crippen LogP contribution in [0.5, 0.6) is 11.5 Å². The summed E-state index contributed by atoms with van der Waals surface area (Å²) in [5, 5.41) is 14.8. The van der Waals surface area contributed by atoms with Crippen molar-refractivity contribution < 1.29 is 9.47 Å². The monoisotopic (exact) mass is 522 g/mol. The number of hydrogen-bond acceptors (Lipinski definition) is 5. The predicted molar refractivity (Wildman–Crippen MR) is 128 cm³/mol. The fourth-order valence-electron chi connectivity index (χ4n) is 2.83. The Labute approximate surface area is 193 Å². The van der Waals surface area contributed by atoms with E-state index in [-0.39, 0.29) is 24.0 Å². The summed E-state index contributed by atoms with van der Waals surface area (Å²) in [5.74, 6) is 2.98. The molecule has 0 bridgehead atoms. The molecule has 1 heterocycles. The molecule has 160 valence electrons. The van der Waals surface area contributed by atoms with Crippen LogP contribution in [-0.2, 0) is 13.1 Å². The van der Waals surface area contributed by atoms with Gasteiger partial charge in [0.25, 0.3) is 0 Å². The second kappa shape index (κ2) is 12.0. The van der Waals surface area contributed by atoms with Gasteiger partial charge >= 0.3 is 0 Å². The highest BCUT2D eigenvalue weighted by Gasteiger charge is 2.08. The Bertz CT molecular complexity index is 946. The van der Waals surface area contributed by atoms with Crippen LogP contribution in [0.2, 0.25) is 0 Å². The molecule has 2 N–H and O–H groups in total. The third-order valence-corrected chi connectivity index (χ3v) is 4.31. The zero-order chi connectivity index (χ0) is 20.5. The fraction of sp³-hybridized carbons (Fsp3) is 0.286. The van der Waals surface area contributed by atoms with E-state index in [1.807, 2.05) is 60.0 Å². The number of guanidine groups is 1. The Balaban J connectivity index is 0.00000320. The molecule has 0 fully saturated rings. The smallest absolute Gasteiger partial charge is 0.191 e. The van der Waals surface area contributed by atoms with E-state index in [1.165, 1.54) is 0 Å². The number of nitrogens with one attached hydrogen (secondary N) is 2. The summed E-state index contributed by atoms with van der Waals surface area (Å²) in [6, 6.07) is 15.7. The quantitative estimate of drug-likeness (QED) is 0.269. The van der Waals surface area contributed by atoms with Gasteiger partial charge in [-0.05, 0) is 31.2 Å². The second-order valence-corrected chi connectivity index (χ2v) is 6.18. The molecular formula is C21H27IN6O2. The van der Waals surface area contributed by atoms with Gasteiger partial charge in [0.05, 0.1) is 27.3 Å². The molecule has 3 aromatic rings. The van der Waals surface area contributed by atoms with Crippen LogP contribution < -0.4 is 20.1 Å². The first-order chi connectivity index (χ1) is 14.2. The third kappa shape index (κ3) is 6.09. The molecule has 30 heavy (non-hydrogen) atoms. The third-order valence-electron chi connectivity index (χ3n) is 4.31. The summed E-state index contributed by atoms with van der Waals surface area (Å²) < 4.78 is 12.6. The summed E-state index contributed by atoms with van der Waals surface area (Å²) in [6.45, 7) is 3.73. The lowest BCUT2D eigenvalue weighted by molar-refractivity contribution is 0.391. The van der Waals surface area contributed by atoms with E-state index in [4.69, 9.17) is 9.47 Å². The average Bonchev–Trinajstić information content (AvgIpc) is 3.24. The molecule has 0 aliphatic carbocycles. The van der Waals surface area contributed by atoms with Crippen molar-refractivity contribution in [3.8, 4) is 17.2 Å². The summed E-state index contributed by atoms with van der Waals surface area (Å²) in [4.78, 5) is 4.67. The molecule has 0 aliphatic heterocycles. The van der Waals surface area contributed by atoms with Crippen LogP contribution in [0.25, 0.3) is 5.69 Å². The SMILES string of the molecule is CCNC(=NCc1ccc(OC)cc1OC)NCc1nncn1-c1ccccc1.I. The van der Waals surface area contributed by atoms with Gasteiger partial charge in [0.1, 0.15) is 17.8 Å². The van der Waals surface area contributed by atoms with Crippen LogP contribution in [-0.4, -0.2) is 41.5 Å². The Kier molecular flexibility index (Phi) is 9.39. The number of ether oxygens (including phenoxy) is 2. The van der Waals surface area contributed by atoms with Crippen LogP contribution in [0, 0.1) is 0 Å². The molecule has 0 unspecified atom stereocenters. The highest BCUT2D eigenvalue weighted by molar-refractivity contribution is 14.0. The highest BCUT2D eigenvalue weighted by atomic mass is 127. The zero-order valence-corrected chi connectivity index (χ0v) is 19.7. The van der Waals surface area contributed by atoms with Gasteiger partial charge in [-0.1, -0.05) is 18.2 Å². The number of para-hydroxylation sites is 1. The maximum Gasteiger partial charge on any atom is 0.191 e. The van der Waals surface area contributed by atoms with E-state index in [0.29, 0.717) is 19.0 Å². The minimum atomic E-state index is 0. The lowest BCUT2D eigenvalue weighted by Gasteiger charge is -2.13. The highest BCUT2D eigenvalue weighted by Crippen LogP contribution is 2.25. The van der Waals surface area contributed by atoms with Gasteiger partial charge in [0.15, 0.2) is 11.8 Å². The van der Waals surface area contributed by atoms with Gasteiger partial charge in [-0.3, -0.25) is 4.57 Å². The molecular weight excluding hydrogens is 495 g/mol. The number of aliphatic imine (C=N–C) groups is 1. The van der Waals surface area contributed by atoms with Crippen LogP contribution in [0.1, 0.15) is 18.3 Å². The summed E-state index contributed by atoms with van der Waals surface area (Å²) in [6.07, 6.45) is 1.71. The summed E-state index contributed by atoms with van der Waals surface area (Å²) in [5.41, 5.74) is 1.98. The molecule has 0 aliphatic rings. The largest absolute Gasteiger partial charge is 0.497 e. The maximum atomic E-state index is 5.45. The molecule has 0 saturated heterocycles. The molecule has 1 aromatic heterocycles. The lowest BCUT2D eigenvalue weighted by atomic mass is 10.2. The van der Waals surface area contributed by atoms with Crippen molar-refractivity contribution in [2.24, 2.45) is 4.99 Å². The van der Waals surface area contributed by atoms with Crippen LogP contribution in [0.15, 0.2) is 59.9 Å². The van der Waals surface area contributed by atoms with E-state index >= 15 is 0 Å². The van der Waals surface area contributed by atoms with E-state index in [0.717, 1.165) is 35.1 Å². The Morgan fingerprint density at radius 1 is 1.07 bits per heavy atom. The normalized spacial score (nSPS) is 10.8. The molecule has 8 nitrogen and oxygen atoms in total. The fourth-order valence-corrected chi connectivity index (χ4v) is 2.83. The minimum absolute atomic E-state index is 0. The minimum Gasteiger partial charge on any atom is -0.497 e. The van der Waals surface area contributed by atoms with Crippen molar-refractivity contribution in [3.63, 3.8) is 0 Å². The Morgan fingerprint density at radius 3 is 2.57 bits per heavy atom. The average molecular weight is 522 g/mol. The number of halogens is 1. The van der Waals surface area contributed by atoms with Gasteiger partial charge in [-0.25, -0.2) is 4.99 Å². The number of benzene rings is 2. The molecule has 0 atom stereocenters. The molecule has 0 amide bonds. The second-order valence-electron chi connectivity index (χ2n) is 6.18. The molecule has 0 spiro atoms. The summed E-state index contributed by atoms with van der Waals surface area (Å²) >= 11 is 0. The zero-order valence-electron chi connectivity index (χ0n) is 17.3. The molecule has 0 saturated carbocycles. The lowest BCUT2D eigenvalue weighted by Crippen LogP contribution is -2.37. The van der Waals surface area contributed by atoms with Gasteiger partial charge in [0.2, 0.25) is 0 Å². The van der Waals surface area contributed by atoms with Crippen LogP contribution in [0.3, 0.4) is 0 Å². The molecule has 9 heteroatoms. The molecule has 2 aromatic carbocycles. The number of hydrogen-bond donors (Lipinski definition) is 2. The first-order valence-corrected chi connectivity index (χ1v) is 9.42. The topological polar surface area (TPSA) is 85.6 Å². The molecule has 0 radical (unpaired) electrons. The van der Waals surface area contributed by atoms with Crippen molar-refractivity contribution in [2.45, 2.75) is 20.0 Å². The van der Waals surface area contributed by atoms with Crippen molar-refractivity contribution in [1.29, 1.82) is 0 Å². The van der Waals surface area contributed by atoms with Gasteiger partial charge in [-0.15, -0.1) is 34.2 Å². The van der Waals surface area contributed by atoms with Gasteiger partial charge < -0.3 is 20.1 Å². The van der Waals surface area contributed by atoms with E-state index < -0.39 is 0 Å². The molecule has 3 rings (SSSR count). The van der Waals surface area contributed by atoms with E-state index in [1.54, 1.807) is 20.5 Å². The van der Waals surface area contributed by atoms with Crippen LogP contribution >= 0.6 is 24.0 Å². The van der Waals surface area contributed by atoms with Crippen molar-refractivity contribution in [1.82, 2.24) is 25.4 Å². The van der Waals surface area contributed by atoms with E-state index in [2.05, 4.69) is 25.8 Å². The van der Waals surface area contributed by atoms with Crippen molar-refractivity contribution in [2.75, 3.05) is 20.8 Å². The number of nitrogens with zero attached hydrogens (tertiary/aromatic N) is 4. The number of aromatic nitrogens is 3. The maximum absolute atomic E-state index is 5.45. The van der Waals surface area contributed by atoms with Gasteiger partial charge in [-0.2, -0.15) is 0 Å². The van der Waals surface area contributed by atoms with Gasteiger partial charge in [0, 0.05) is 23.9 Å². The predicted octanol–water partition coefficient (Wildman–Crippen LogP) is 3.16. The van der Waals surface area contributed by atoms with Crippen molar-refractivity contribution in [3.05, 3.63) is 66.2 Å². The standard InChI is InChI=1S/C21H26N6O2.HI/c1-4-22-21(23-13-16-10-11-18(28-2)12-19(16)29-3)24-14-20-26-25-15-27(20)17-8-6-5-7-9-17;/h5-12,15H,4,13-14H2,1-3H3,(H2,22,23,24);1H. The number of rotatable bonds is 8. The summed E-state index contributed by atoms with van der Waals surface area (Å²) in [7, 11) is 3.27. The van der Waals surface area contributed by atoms with Crippen molar-refractivity contribution >= 4 is 29.9 Å². The van der Waals surface area contributed by atoms with E-state index in [9.17, 15) is 0 Å². The first-order valence-electron chi connectivity index (χ1n) is 9.42.